The zero-order chi connectivity index (χ0) is 12.5. The second-order valence-corrected chi connectivity index (χ2v) is 5.46. The molecule has 0 saturated carbocycles. The van der Waals surface area contributed by atoms with Gasteiger partial charge in [0.2, 0.25) is 0 Å². The van der Waals surface area contributed by atoms with Gasteiger partial charge < -0.3 is 9.32 Å². The second-order valence-electron chi connectivity index (χ2n) is 5.46. The van der Waals surface area contributed by atoms with Crippen LogP contribution in [0, 0.1) is 5.41 Å². The minimum absolute atomic E-state index is 0.0146. The van der Waals surface area contributed by atoms with Crippen molar-refractivity contribution in [2.24, 2.45) is 5.41 Å². The summed E-state index contributed by atoms with van der Waals surface area (Å²) < 4.78 is 5.13. The Labute approximate surface area is 102 Å². The number of hydrogen-bond acceptors (Lipinski definition) is 2. The maximum absolute atomic E-state index is 12.0. The van der Waals surface area contributed by atoms with E-state index < -0.39 is 0 Å². The summed E-state index contributed by atoms with van der Waals surface area (Å²) in [5, 5.41) is 0. The third-order valence-corrected chi connectivity index (χ3v) is 3.19. The summed E-state index contributed by atoms with van der Waals surface area (Å²) >= 11 is 0. The van der Waals surface area contributed by atoms with Crippen LogP contribution in [0.4, 0.5) is 0 Å². The smallest absolute Gasteiger partial charge is 0.289 e. The van der Waals surface area contributed by atoms with E-state index in [0.29, 0.717) is 12.3 Å². The Morgan fingerprint density at radius 3 is 2.65 bits per heavy atom. The summed E-state index contributed by atoms with van der Waals surface area (Å²) in [6.07, 6.45) is 4.66. The van der Waals surface area contributed by atoms with Crippen LogP contribution < -0.4 is 0 Å². The van der Waals surface area contributed by atoms with Gasteiger partial charge >= 0.3 is 0 Å². The summed E-state index contributed by atoms with van der Waals surface area (Å²) in [5.74, 6) is 0.414. The minimum atomic E-state index is -0.0146. The lowest BCUT2D eigenvalue weighted by molar-refractivity contribution is 0.0733. The van der Waals surface area contributed by atoms with Gasteiger partial charge in [0.25, 0.3) is 5.91 Å². The van der Waals surface area contributed by atoms with Crippen LogP contribution in [0.5, 0.6) is 0 Å². The summed E-state index contributed by atoms with van der Waals surface area (Å²) in [6.45, 7) is 8.10. The number of amides is 1. The SMILES string of the molecule is CC(C)(C)C1=CCN(C(=O)c2ccco2)CC1. The zero-order valence-electron chi connectivity index (χ0n) is 10.7. The molecule has 17 heavy (non-hydrogen) atoms. The third-order valence-electron chi connectivity index (χ3n) is 3.19. The fraction of sp³-hybridized carbons (Fsp3) is 0.500. The number of hydrogen-bond donors (Lipinski definition) is 0. The van der Waals surface area contributed by atoms with Crippen LogP contribution in [0.2, 0.25) is 0 Å². The summed E-state index contributed by atoms with van der Waals surface area (Å²) in [4.78, 5) is 13.8. The van der Waals surface area contributed by atoms with E-state index in [0.717, 1.165) is 13.0 Å². The molecule has 0 aromatic carbocycles. The maximum Gasteiger partial charge on any atom is 0.289 e. The van der Waals surface area contributed by atoms with Crippen molar-refractivity contribution in [3.05, 3.63) is 35.8 Å². The largest absolute Gasteiger partial charge is 0.459 e. The Morgan fingerprint density at radius 2 is 2.18 bits per heavy atom. The van der Waals surface area contributed by atoms with Crippen LogP contribution in [0.3, 0.4) is 0 Å². The van der Waals surface area contributed by atoms with Crippen molar-refractivity contribution < 1.29 is 9.21 Å². The Kier molecular flexibility index (Phi) is 3.09. The van der Waals surface area contributed by atoms with Crippen molar-refractivity contribution in [2.75, 3.05) is 13.1 Å². The number of carbonyl (C=O) groups excluding carboxylic acids is 1. The first-order chi connectivity index (χ1) is 7.98. The monoisotopic (exact) mass is 233 g/mol. The molecular formula is C14H19NO2. The first kappa shape index (κ1) is 12.0. The van der Waals surface area contributed by atoms with Crippen molar-refractivity contribution in [1.29, 1.82) is 0 Å². The lowest BCUT2D eigenvalue weighted by Crippen LogP contribution is -2.36. The molecule has 1 aliphatic heterocycles. The number of nitrogens with zero attached hydrogens (tertiary/aromatic N) is 1. The van der Waals surface area contributed by atoms with Gasteiger partial charge in [-0.2, -0.15) is 0 Å². The van der Waals surface area contributed by atoms with Gasteiger partial charge in [-0.15, -0.1) is 0 Å². The number of furan rings is 1. The Balaban J connectivity index is 2.05. The topological polar surface area (TPSA) is 33.5 Å². The van der Waals surface area contributed by atoms with Crippen molar-refractivity contribution in [1.82, 2.24) is 4.90 Å². The van der Waals surface area contributed by atoms with Crippen LogP contribution in [0.25, 0.3) is 0 Å². The highest BCUT2D eigenvalue weighted by Crippen LogP contribution is 2.30. The van der Waals surface area contributed by atoms with E-state index >= 15 is 0 Å². The number of carbonyl (C=O) groups is 1. The van der Waals surface area contributed by atoms with Gasteiger partial charge in [0.15, 0.2) is 5.76 Å². The van der Waals surface area contributed by atoms with Gasteiger partial charge in [-0.25, -0.2) is 0 Å². The average molecular weight is 233 g/mol. The highest BCUT2D eigenvalue weighted by atomic mass is 16.3. The molecule has 0 unspecified atom stereocenters. The normalized spacial score (nSPS) is 16.9. The fourth-order valence-electron chi connectivity index (χ4n) is 2.09. The third kappa shape index (κ3) is 2.60. The Morgan fingerprint density at radius 1 is 1.41 bits per heavy atom. The minimum Gasteiger partial charge on any atom is -0.459 e. The quantitative estimate of drug-likeness (QED) is 0.698. The van der Waals surface area contributed by atoms with Gasteiger partial charge in [0.1, 0.15) is 0 Å². The van der Waals surface area contributed by atoms with Crippen LogP contribution in [0.1, 0.15) is 37.7 Å². The van der Waals surface area contributed by atoms with Crippen LogP contribution >= 0.6 is 0 Å². The molecule has 2 heterocycles. The summed E-state index contributed by atoms with van der Waals surface area (Å²) in [7, 11) is 0. The van der Waals surface area contributed by atoms with Crippen molar-refractivity contribution in [3.8, 4) is 0 Å². The maximum atomic E-state index is 12.0. The molecule has 2 rings (SSSR count). The van der Waals surface area contributed by atoms with E-state index in [4.69, 9.17) is 4.42 Å². The molecule has 1 aromatic heterocycles. The molecule has 0 spiro atoms. The lowest BCUT2D eigenvalue weighted by atomic mass is 9.83. The Hall–Kier alpha value is -1.51. The van der Waals surface area contributed by atoms with Crippen molar-refractivity contribution >= 4 is 5.91 Å². The first-order valence-corrected chi connectivity index (χ1v) is 6.01. The molecule has 0 atom stereocenters. The van der Waals surface area contributed by atoms with E-state index in [1.165, 1.54) is 11.8 Å². The standard InChI is InChI=1S/C14H19NO2/c1-14(2,3)11-6-8-15(9-7-11)13(16)12-5-4-10-17-12/h4-6,10H,7-9H2,1-3H3. The molecule has 92 valence electrons. The van der Waals surface area contributed by atoms with Gasteiger partial charge in [0, 0.05) is 13.1 Å². The van der Waals surface area contributed by atoms with E-state index in [9.17, 15) is 4.79 Å². The molecule has 0 bridgehead atoms. The summed E-state index contributed by atoms with van der Waals surface area (Å²) in [5.41, 5.74) is 1.64. The van der Waals surface area contributed by atoms with Crippen molar-refractivity contribution in [3.63, 3.8) is 0 Å². The molecule has 0 aliphatic carbocycles. The Bertz CT molecular complexity index is 424. The molecule has 3 heteroatoms. The molecule has 0 saturated heterocycles. The first-order valence-electron chi connectivity index (χ1n) is 6.01. The molecule has 1 amide bonds. The summed E-state index contributed by atoms with van der Waals surface area (Å²) in [6, 6.07) is 3.46. The van der Waals surface area contributed by atoms with Gasteiger partial charge in [-0.3, -0.25) is 4.79 Å². The van der Waals surface area contributed by atoms with Gasteiger partial charge in [-0.1, -0.05) is 32.4 Å². The van der Waals surface area contributed by atoms with Crippen molar-refractivity contribution in [2.45, 2.75) is 27.2 Å². The van der Waals surface area contributed by atoms with Crippen LogP contribution in [-0.4, -0.2) is 23.9 Å². The van der Waals surface area contributed by atoms with Crippen LogP contribution in [-0.2, 0) is 0 Å². The number of rotatable bonds is 1. The predicted molar refractivity (Wildman–Crippen MR) is 66.8 cm³/mol. The highest BCUT2D eigenvalue weighted by Gasteiger charge is 2.24. The molecule has 1 aromatic rings. The van der Waals surface area contributed by atoms with Gasteiger partial charge in [0.05, 0.1) is 6.26 Å². The predicted octanol–water partition coefficient (Wildman–Crippen LogP) is 3.10. The van der Waals surface area contributed by atoms with E-state index in [-0.39, 0.29) is 11.3 Å². The molecule has 3 nitrogen and oxygen atoms in total. The van der Waals surface area contributed by atoms with E-state index in [1.807, 2.05) is 4.90 Å². The zero-order valence-corrected chi connectivity index (χ0v) is 10.7. The average Bonchev–Trinajstić information content (AvgIpc) is 2.80. The molecule has 0 radical (unpaired) electrons. The van der Waals surface area contributed by atoms with E-state index in [1.54, 1.807) is 12.1 Å². The highest BCUT2D eigenvalue weighted by molar-refractivity contribution is 5.91. The van der Waals surface area contributed by atoms with Crippen LogP contribution in [0.15, 0.2) is 34.5 Å². The molecule has 0 N–H and O–H groups in total. The van der Waals surface area contributed by atoms with Gasteiger partial charge in [-0.05, 0) is 24.0 Å². The second kappa shape index (κ2) is 4.40. The van der Waals surface area contributed by atoms with E-state index in [2.05, 4.69) is 26.8 Å². The molecule has 0 fully saturated rings. The fourth-order valence-corrected chi connectivity index (χ4v) is 2.09. The molecular weight excluding hydrogens is 214 g/mol. The molecule has 1 aliphatic rings. The lowest BCUT2D eigenvalue weighted by Gasteiger charge is -2.31.